The van der Waals surface area contributed by atoms with Crippen LogP contribution < -0.4 is 5.32 Å². The summed E-state index contributed by atoms with van der Waals surface area (Å²) in [6.07, 6.45) is 3.93. The molecule has 0 unspecified atom stereocenters. The van der Waals surface area contributed by atoms with Crippen molar-refractivity contribution in [3.05, 3.63) is 12.7 Å². The summed E-state index contributed by atoms with van der Waals surface area (Å²) < 4.78 is 5.86. The first-order valence-electron chi connectivity index (χ1n) is 6.48. The summed E-state index contributed by atoms with van der Waals surface area (Å²) in [6, 6.07) is 0. The largest absolute Gasteiger partial charge is 0.468 e. The van der Waals surface area contributed by atoms with E-state index in [4.69, 9.17) is 17.0 Å². The Morgan fingerprint density at radius 1 is 1.39 bits per heavy atom. The summed E-state index contributed by atoms with van der Waals surface area (Å²) in [4.78, 5) is 2.43. The van der Waals surface area contributed by atoms with E-state index in [-0.39, 0.29) is 17.2 Å². The topological polar surface area (TPSA) is 24.5 Å². The maximum absolute atomic E-state index is 5.86. The molecule has 0 aliphatic carbocycles. The Labute approximate surface area is 117 Å². The van der Waals surface area contributed by atoms with Crippen molar-refractivity contribution in [3.8, 4) is 0 Å². The summed E-state index contributed by atoms with van der Waals surface area (Å²) in [7, 11) is 2.19. The second-order valence-corrected chi connectivity index (χ2v) is 6.66. The highest BCUT2D eigenvalue weighted by Gasteiger charge is 2.44. The molecule has 1 aliphatic rings. The Morgan fingerprint density at radius 2 is 1.89 bits per heavy atom. The minimum Gasteiger partial charge on any atom is -0.468 e. The van der Waals surface area contributed by atoms with Crippen molar-refractivity contribution in [1.82, 2.24) is 10.2 Å². The Bertz CT molecular complexity index is 308. The van der Waals surface area contributed by atoms with E-state index in [1.54, 1.807) is 6.08 Å². The number of piperidine rings is 1. The SMILES string of the molecule is C=CCNC(=S)OC1CC(C)(C)N(C)C(C)(C)C1. The molecule has 104 valence electrons. The zero-order valence-corrected chi connectivity index (χ0v) is 13.1. The zero-order valence-electron chi connectivity index (χ0n) is 12.2. The predicted octanol–water partition coefficient (Wildman–Crippen LogP) is 2.71. The molecule has 0 amide bonds. The minimum atomic E-state index is 0.125. The molecule has 1 heterocycles. The monoisotopic (exact) mass is 270 g/mol. The minimum absolute atomic E-state index is 0.125. The van der Waals surface area contributed by atoms with Gasteiger partial charge in [0.15, 0.2) is 0 Å². The standard InChI is InChI=1S/C14H26N2OS/c1-7-8-15-12(18)17-11-9-13(2,3)16(6)14(4,5)10-11/h7,11H,1,8-10H2,2-6H3,(H,15,18). The number of rotatable bonds is 3. The molecule has 4 heteroatoms. The lowest BCUT2D eigenvalue weighted by atomic mass is 9.79. The van der Waals surface area contributed by atoms with Crippen molar-refractivity contribution in [1.29, 1.82) is 0 Å². The summed E-state index contributed by atoms with van der Waals surface area (Å²) in [5.74, 6) is 0. The van der Waals surface area contributed by atoms with E-state index in [1.807, 2.05) is 0 Å². The maximum atomic E-state index is 5.86. The third kappa shape index (κ3) is 3.69. The molecule has 3 nitrogen and oxygen atoms in total. The highest BCUT2D eigenvalue weighted by Crippen LogP contribution is 2.38. The molecule has 0 saturated carbocycles. The normalized spacial score (nSPS) is 23.4. The van der Waals surface area contributed by atoms with Gasteiger partial charge in [-0.1, -0.05) is 6.08 Å². The van der Waals surface area contributed by atoms with Gasteiger partial charge in [0.05, 0.1) is 0 Å². The molecule has 0 atom stereocenters. The highest BCUT2D eigenvalue weighted by molar-refractivity contribution is 7.80. The van der Waals surface area contributed by atoms with E-state index in [9.17, 15) is 0 Å². The third-order valence-electron chi connectivity index (χ3n) is 3.93. The van der Waals surface area contributed by atoms with Crippen LogP contribution in [0.1, 0.15) is 40.5 Å². The lowest BCUT2D eigenvalue weighted by molar-refractivity contribution is -0.0595. The Balaban J connectivity index is 2.63. The number of hydrogen-bond acceptors (Lipinski definition) is 3. The van der Waals surface area contributed by atoms with Crippen LogP contribution in [0.2, 0.25) is 0 Å². The summed E-state index contributed by atoms with van der Waals surface area (Å²) in [5.41, 5.74) is 0.251. The lowest BCUT2D eigenvalue weighted by Crippen LogP contribution is -2.60. The van der Waals surface area contributed by atoms with Crippen molar-refractivity contribution in [2.24, 2.45) is 0 Å². The molecule has 1 saturated heterocycles. The molecule has 1 aliphatic heterocycles. The van der Waals surface area contributed by atoms with E-state index in [0.29, 0.717) is 11.7 Å². The number of likely N-dealkylation sites (tertiary alicyclic amines) is 1. The molecule has 0 aromatic heterocycles. The molecule has 1 N–H and O–H groups in total. The molecule has 1 fully saturated rings. The molecule has 0 aromatic rings. The van der Waals surface area contributed by atoms with Crippen molar-refractivity contribution in [2.75, 3.05) is 13.6 Å². The number of ether oxygens (including phenoxy) is 1. The van der Waals surface area contributed by atoms with Gasteiger partial charge in [-0.25, -0.2) is 0 Å². The van der Waals surface area contributed by atoms with Gasteiger partial charge in [0.25, 0.3) is 5.17 Å². The van der Waals surface area contributed by atoms with Gasteiger partial charge >= 0.3 is 0 Å². The summed E-state index contributed by atoms with van der Waals surface area (Å²) in [5, 5.41) is 3.51. The second kappa shape index (κ2) is 5.57. The van der Waals surface area contributed by atoms with Crippen molar-refractivity contribution >= 4 is 17.4 Å². The molecule has 0 spiro atoms. The predicted molar refractivity (Wildman–Crippen MR) is 80.8 cm³/mol. The van der Waals surface area contributed by atoms with E-state index < -0.39 is 0 Å². The van der Waals surface area contributed by atoms with Crippen LogP contribution in [0.3, 0.4) is 0 Å². The first-order chi connectivity index (χ1) is 8.19. The van der Waals surface area contributed by atoms with Crippen LogP contribution in [0.4, 0.5) is 0 Å². The number of hydrogen-bond donors (Lipinski definition) is 1. The van der Waals surface area contributed by atoms with Crippen LogP contribution in [0, 0.1) is 0 Å². The Morgan fingerprint density at radius 3 is 2.33 bits per heavy atom. The first-order valence-corrected chi connectivity index (χ1v) is 6.89. The quantitative estimate of drug-likeness (QED) is 0.629. The molecule has 0 bridgehead atoms. The van der Waals surface area contributed by atoms with Gasteiger partial charge < -0.3 is 10.1 Å². The highest BCUT2D eigenvalue weighted by atomic mass is 32.1. The summed E-state index contributed by atoms with van der Waals surface area (Å²) in [6.45, 7) is 13.3. The molecule has 18 heavy (non-hydrogen) atoms. The first kappa shape index (κ1) is 15.4. The van der Waals surface area contributed by atoms with Crippen LogP contribution in [-0.2, 0) is 4.74 Å². The lowest BCUT2D eigenvalue weighted by Gasteiger charge is -2.53. The summed E-state index contributed by atoms with van der Waals surface area (Å²) >= 11 is 5.18. The van der Waals surface area contributed by atoms with Gasteiger partial charge in [0.1, 0.15) is 6.10 Å². The molecular weight excluding hydrogens is 244 g/mol. The number of nitrogens with one attached hydrogen (secondary N) is 1. The molecule has 1 rings (SSSR count). The fourth-order valence-corrected chi connectivity index (χ4v) is 2.93. The van der Waals surface area contributed by atoms with Crippen molar-refractivity contribution in [2.45, 2.75) is 57.7 Å². The zero-order chi connectivity index (χ0) is 14.0. The average molecular weight is 270 g/mol. The van der Waals surface area contributed by atoms with Crippen molar-refractivity contribution < 1.29 is 4.74 Å². The van der Waals surface area contributed by atoms with E-state index in [1.165, 1.54) is 0 Å². The molecule has 0 aromatic carbocycles. The number of thiocarbonyl (C=S) groups is 1. The van der Waals surface area contributed by atoms with E-state index >= 15 is 0 Å². The van der Waals surface area contributed by atoms with Crippen molar-refractivity contribution in [3.63, 3.8) is 0 Å². The van der Waals surface area contributed by atoms with E-state index in [2.05, 4.69) is 51.5 Å². The van der Waals surface area contributed by atoms with Crippen LogP contribution in [-0.4, -0.2) is 40.8 Å². The van der Waals surface area contributed by atoms with Crippen LogP contribution in [0.25, 0.3) is 0 Å². The van der Waals surface area contributed by atoms with Gasteiger partial charge in [-0.05, 0) is 47.0 Å². The third-order valence-corrected chi connectivity index (χ3v) is 4.18. The maximum Gasteiger partial charge on any atom is 0.257 e. The van der Waals surface area contributed by atoms with Crippen LogP contribution >= 0.6 is 12.2 Å². The number of nitrogens with zero attached hydrogens (tertiary/aromatic N) is 1. The fourth-order valence-electron chi connectivity index (χ4n) is 2.71. The second-order valence-electron chi connectivity index (χ2n) is 6.29. The van der Waals surface area contributed by atoms with Gasteiger partial charge in [-0.3, -0.25) is 4.90 Å². The van der Waals surface area contributed by atoms with Crippen LogP contribution in [0.15, 0.2) is 12.7 Å². The van der Waals surface area contributed by atoms with Gasteiger partial charge in [0.2, 0.25) is 0 Å². The van der Waals surface area contributed by atoms with E-state index in [0.717, 1.165) is 12.8 Å². The van der Waals surface area contributed by atoms with Gasteiger partial charge in [-0.15, -0.1) is 6.58 Å². The molecule has 0 radical (unpaired) electrons. The average Bonchev–Trinajstić information content (AvgIpc) is 2.22. The van der Waals surface area contributed by atoms with Gasteiger partial charge in [0, 0.05) is 30.5 Å². The van der Waals surface area contributed by atoms with Crippen LogP contribution in [0.5, 0.6) is 0 Å². The van der Waals surface area contributed by atoms with Gasteiger partial charge in [-0.2, -0.15) is 0 Å². The Hall–Kier alpha value is -0.610. The Kier molecular flexibility index (Phi) is 4.78. The smallest absolute Gasteiger partial charge is 0.257 e. The molecular formula is C14H26N2OS. The fraction of sp³-hybridized carbons (Fsp3) is 0.786.